The molecule has 10 nitrogen and oxygen atoms in total. The predicted octanol–water partition coefficient (Wildman–Crippen LogP) is 6.66. The quantitative estimate of drug-likeness (QED) is 0.0997. The number of rotatable bonds is 18. The molecule has 1 unspecified atom stereocenters. The molecule has 0 saturated carbocycles. The van der Waals surface area contributed by atoms with Crippen molar-refractivity contribution < 1.29 is 23.9 Å². The summed E-state index contributed by atoms with van der Waals surface area (Å²) in [5.74, 6) is 0.136. The van der Waals surface area contributed by atoms with Crippen molar-refractivity contribution in [2.24, 2.45) is 0 Å². The Bertz CT molecular complexity index is 1720. The van der Waals surface area contributed by atoms with E-state index in [9.17, 15) is 14.4 Å². The van der Waals surface area contributed by atoms with E-state index in [1.807, 2.05) is 66.7 Å². The molecule has 2 heterocycles. The smallest absolute Gasteiger partial charge is 0.407 e. The first-order chi connectivity index (χ1) is 24.9. The summed E-state index contributed by atoms with van der Waals surface area (Å²) >= 11 is 0. The van der Waals surface area contributed by atoms with Crippen LogP contribution in [0.3, 0.4) is 0 Å². The molecule has 1 saturated heterocycles. The van der Waals surface area contributed by atoms with E-state index in [1.54, 1.807) is 13.2 Å². The van der Waals surface area contributed by atoms with Crippen molar-refractivity contribution in [1.29, 1.82) is 0 Å². The fraction of sp³-hybridized carbons (Fsp3) is 0.415. The van der Waals surface area contributed by atoms with Gasteiger partial charge in [-0.1, -0.05) is 49.7 Å². The number of methoxy groups -OCH3 is 1. The minimum Gasteiger partial charge on any atom is -0.497 e. The molecule has 270 valence electrons. The lowest BCUT2D eigenvalue weighted by molar-refractivity contribution is -0.123. The molecule has 3 aromatic carbocycles. The number of ether oxygens (including phenoxy) is 2. The minimum atomic E-state index is -0.803. The average molecular weight is 694 g/mol. The van der Waals surface area contributed by atoms with E-state index in [0.29, 0.717) is 42.7 Å². The maximum absolute atomic E-state index is 14.2. The van der Waals surface area contributed by atoms with Crippen molar-refractivity contribution in [2.75, 3.05) is 39.8 Å². The summed E-state index contributed by atoms with van der Waals surface area (Å²) in [5.41, 5.74) is 4.69. The molecule has 3 amide bonds. The van der Waals surface area contributed by atoms with Gasteiger partial charge in [0.2, 0.25) is 5.91 Å². The van der Waals surface area contributed by atoms with Gasteiger partial charge in [-0.2, -0.15) is 0 Å². The maximum atomic E-state index is 14.2. The number of hydrogen-bond donors (Lipinski definition) is 3. The van der Waals surface area contributed by atoms with E-state index in [1.165, 1.54) is 12.8 Å². The zero-order valence-electron chi connectivity index (χ0n) is 29.9. The highest BCUT2D eigenvalue weighted by Crippen LogP contribution is 2.28. The predicted molar refractivity (Wildman–Crippen MR) is 201 cm³/mol. The fourth-order valence-corrected chi connectivity index (χ4v) is 6.33. The highest BCUT2D eigenvalue weighted by Gasteiger charge is 2.24. The number of unbranched alkanes of at least 4 members (excludes halogenated alkanes) is 1. The van der Waals surface area contributed by atoms with Crippen LogP contribution < -0.4 is 20.7 Å². The molecule has 4 aromatic rings. The monoisotopic (exact) mass is 693 g/mol. The van der Waals surface area contributed by atoms with E-state index in [4.69, 9.17) is 14.5 Å². The van der Waals surface area contributed by atoms with Gasteiger partial charge >= 0.3 is 6.09 Å². The number of nitrogens with one attached hydrogen (secondary N) is 3. The Morgan fingerprint density at radius 3 is 2.37 bits per heavy atom. The van der Waals surface area contributed by atoms with Crippen molar-refractivity contribution in [1.82, 2.24) is 25.8 Å². The van der Waals surface area contributed by atoms with Gasteiger partial charge < -0.3 is 30.3 Å². The normalized spacial score (nSPS) is 13.5. The molecule has 0 aliphatic carbocycles. The third kappa shape index (κ3) is 11.3. The van der Waals surface area contributed by atoms with Crippen LogP contribution >= 0.6 is 0 Å². The average Bonchev–Trinajstić information content (AvgIpc) is 3.69. The van der Waals surface area contributed by atoms with E-state index in [2.05, 4.69) is 33.8 Å². The molecule has 0 bridgehead atoms. The molecule has 1 aliphatic rings. The maximum Gasteiger partial charge on any atom is 0.407 e. The summed E-state index contributed by atoms with van der Waals surface area (Å²) in [6, 6.07) is 24.1. The number of aryl methyl sites for hydroxylation is 1. The molecular weight excluding hydrogens is 642 g/mol. The molecule has 0 radical (unpaired) electrons. The second kappa shape index (κ2) is 19.4. The van der Waals surface area contributed by atoms with Gasteiger partial charge in [-0.15, -0.1) is 0 Å². The van der Waals surface area contributed by atoms with Crippen LogP contribution in [-0.2, 0) is 22.6 Å². The first kappa shape index (κ1) is 37.3. The zero-order chi connectivity index (χ0) is 35.8. The highest BCUT2D eigenvalue weighted by atomic mass is 16.5. The molecule has 1 fully saturated rings. The van der Waals surface area contributed by atoms with E-state index < -0.39 is 12.1 Å². The first-order valence-corrected chi connectivity index (χ1v) is 18.3. The van der Waals surface area contributed by atoms with Crippen LogP contribution in [0.2, 0.25) is 0 Å². The number of benzene rings is 3. The molecule has 51 heavy (non-hydrogen) atoms. The third-order valence-corrected chi connectivity index (χ3v) is 9.25. The second-order valence-electron chi connectivity index (χ2n) is 13.1. The molecule has 3 N–H and O–H groups in total. The number of fused-ring (bicyclic) bond motifs is 1. The van der Waals surface area contributed by atoms with Crippen LogP contribution in [0.4, 0.5) is 4.79 Å². The molecule has 1 aromatic heterocycles. The van der Waals surface area contributed by atoms with Gasteiger partial charge in [-0.3, -0.25) is 9.59 Å². The number of carbonyl (C=O) groups excluding carboxylic acids is 3. The standard InChI is InChI=1S/C41H51N5O5/c1-3-4-12-30-16-21-36-34(27-30)35(28-38(44-36)32-17-19-33(50-2)20-18-32)39(47)45-37(40(48)42-23-11-26-46-24-8-9-25-46)15-10-22-43-41(49)51-29-31-13-6-5-7-14-31/h5-7,13-14,16-21,27-28,37H,3-4,8-12,15,22-26,29H2,1-2H3,(H,42,48)(H,43,49)(H,45,47). The summed E-state index contributed by atoms with van der Waals surface area (Å²) in [6.45, 7) is 6.28. The van der Waals surface area contributed by atoms with Crippen LogP contribution in [0.15, 0.2) is 78.9 Å². The van der Waals surface area contributed by atoms with Crippen LogP contribution in [-0.4, -0.2) is 73.7 Å². The van der Waals surface area contributed by atoms with Gasteiger partial charge in [-0.05, 0) is 118 Å². The van der Waals surface area contributed by atoms with Crippen molar-refractivity contribution in [3.05, 3.63) is 95.6 Å². The number of hydrogen-bond acceptors (Lipinski definition) is 7. The number of alkyl carbamates (subject to hydrolysis) is 1. The topological polar surface area (TPSA) is 122 Å². The summed E-state index contributed by atoms with van der Waals surface area (Å²) in [6.07, 6.45) is 6.54. The summed E-state index contributed by atoms with van der Waals surface area (Å²) in [7, 11) is 1.62. The van der Waals surface area contributed by atoms with Crippen LogP contribution in [0, 0.1) is 0 Å². The highest BCUT2D eigenvalue weighted by molar-refractivity contribution is 6.08. The van der Waals surface area contributed by atoms with Gasteiger partial charge in [0.25, 0.3) is 5.91 Å². The van der Waals surface area contributed by atoms with Gasteiger partial charge in [0.15, 0.2) is 0 Å². The lowest BCUT2D eigenvalue weighted by atomic mass is 9.99. The minimum absolute atomic E-state index is 0.170. The molecular formula is C41H51N5O5. The number of nitrogens with zero attached hydrogens (tertiary/aromatic N) is 2. The van der Waals surface area contributed by atoms with Gasteiger partial charge in [0, 0.05) is 24.0 Å². The number of carbonyl (C=O) groups is 3. The lowest BCUT2D eigenvalue weighted by Gasteiger charge is -2.20. The number of aromatic nitrogens is 1. The molecule has 10 heteroatoms. The SMILES string of the molecule is CCCCc1ccc2nc(-c3ccc(OC)cc3)cc(C(=O)NC(CCCNC(=O)OCc3ccccc3)C(=O)NCCCN3CCCC3)c2c1. The van der Waals surface area contributed by atoms with Crippen LogP contribution in [0.5, 0.6) is 5.75 Å². The lowest BCUT2D eigenvalue weighted by Crippen LogP contribution is -2.47. The van der Waals surface area contributed by atoms with Crippen molar-refractivity contribution >= 4 is 28.8 Å². The van der Waals surface area contributed by atoms with Crippen LogP contribution in [0.25, 0.3) is 22.2 Å². The van der Waals surface area contributed by atoms with Gasteiger partial charge in [-0.25, -0.2) is 9.78 Å². The Labute approximate surface area is 301 Å². The van der Waals surface area contributed by atoms with Gasteiger partial charge in [0.05, 0.1) is 23.9 Å². The van der Waals surface area contributed by atoms with E-state index >= 15 is 0 Å². The summed E-state index contributed by atoms with van der Waals surface area (Å²) in [4.78, 5) is 47.5. The number of likely N-dealkylation sites (tertiary alicyclic amines) is 1. The van der Waals surface area contributed by atoms with Gasteiger partial charge in [0.1, 0.15) is 18.4 Å². The summed E-state index contributed by atoms with van der Waals surface area (Å²) in [5, 5.41) is 9.61. The zero-order valence-corrected chi connectivity index (χ0v) is 29.9. The third-order valence-electron chi connectivity index (χ3n) is 9.25. The molecule has 5 rings (SSSR count). The Hall–Kier alpha value is -4.96. The first-order valence-electron chi connectivity index (χ1n) is 18.3. The Balaban J connectivity index is 1.31. The van der Waals surface area contributed by atoms with Crippen molar-refractivity contribution in [3.63, 3.8) is 0 Å². The van der Waals surface area contributed by atoms with Crippen molar-refractivity contribution in [2.45, 2.75) is 70.9 Å². The largest absolute Gasteiger partial charge is 0.497 e. The Kier molecular flexibility index (Phi) is 14.2. The second-order valence-corrected chi connectivity index (χ2v) is 13.1. The Morgan fingerprint density at radius 1 is 0.863 bits per heavy atom. The number of amides is 3. The molecule has 0 spiro atoms. The number of pyridine rings is 1. The molecule has 1 aliphatic heterocycles. The summed E-state index contributed by atoms with van der Waals surface area (Å²) < 4.78 is 10.7. The van der Waals surface area contributed by atoms with Crippen molar-refractivity contribution in [3.8, 4) is 17.0 Å². The Morgan fingerprint density at radius 2 is 1.63 bits per heavy atom. The fourth-order valence-electron chi connectivity index (χ4n) is 6.33. The van der Waals surface area contributed by atoms with E-state index in [0.717, 1.165) is 73.1 Å². The van der Waals surface area contributed by atoms with Crippen LogP contribution in [0.1, 0.15) is 73.4 Å². The molecule has 1 atom stereocenters. The van der Waals surface area contributed by atoms with E-state index in [-0.39, 0.29) is 18.4 Å².